The molecule has 0 radical (unpaired) electrons. The summed E-state index contributed by atoms with van der Waals surface area (Å²) in [5.41, 5.74) is 0. The monoisotopic (exact) mass is 242 g/mol. The van der Waals surface area contributed by atoms with Gasteiger partial charge in [-0.05, 0) is 39.7 Å². The molecule has 0 aromatic rings. The fourth-order valence-corrected chi connectivity index (χ4v) is 3.11. The molecule has 2 fully saturated rings. The highest BCUT2D eigenvalue weighted by Crippen LogP contribution is 2.27. The van der Waals surface area contributed by atoms with Gasteiger partial charge in [-0.2, -0.15) is 0 Å². The molecule has 2 heterocycles. The van der Waals surface area contributed by atoms with Crippen molar-refractivity contribution in [3.8, 4) is 0 Å². The number of nitrogens with one attached hydrogen (secondary N) is 1. The molecule has 0 aromatic carbocycles. The van der Waals surface area contributed by atoms with Crippen LogP contribution in [0.15, 0.2) is 0 Å². The minimum absolute atomic E-state index is 0.0829. The van der Waals surface area contributed by atoms with Crippen molar-refractivity contribution in [1.82, 2.24) is 10.2 Å². The fourth-order valence-electron chi connectivity index (χ4n) is 3.11. The molecule has 2 atom stereocenters. The van der Waals surface area contributed by atoms with Crippen molar-refractivity contribution in [2.24, 2.45) is 0 Å². The molecule has 0 aliphatic carbocycles. The Hall–Kier alpha value is -0.160. The normalized spacial score (nSPS) is 29.1. The van der Waals surface area contributed by atoms with Crippen LogP contribution in [0.25, 0.3) is 0 Å². The lowest BCUT2D eigenvalue weighted by atomic mass is 10.1. The van der Waals surface area contributed by atoms with Crippen LogP contribution >= 0.6 is 0 Å². The Kier molecular flexibility index (Phi) is 5.22. The second-order valence-electron chi connectivity index (χ2n) is 4.89. The molecule has 4 heteroatoms. The van der Waals surface area contributed by atoms with Gasteiger partial charge in [0.05, 0.1) is 0 Å². The number of hydrogen-bond donors (Lipinski definition) is 1. The maximum absolute atomic E-state index is 5.56. The van der Waals surface area contributed by atoms with Crippen molar-refractivity contribution in [2.45, 2.75) is 51.5 Å². The third-order valence-corrected chi connectivity index (χ3v) is 3.86. The zero-order valence-electron chi connectivity index (χ0n) is 11.2. The van der Waals surface area contributed by atoms with Gasteiger partial charge in [0.25, 0.3) is 0 Å². The summed E-state index contributed by atoms with van der Waals surface area (Å²) in [6, 6.07) is 1.40. The van der Waals surface area contributed by atoms with Crippen LogP contribution in [0, 0.1) is 0 Å². The maximum Gasteiger partial charge on any atom is 0.169 e. The van der Waals surface area contributed by atoms with Crippen molar-refractivity contribution >= 4 is 0 Å². The fraction of sp³-hybridized carbons (Fsp3) is 1.00. The van der Waals surface area contributed by atoms with Crippen LogP contribution in [0.4, 0.5) is 0 Å². The Balaban J connectivity index is 1.72. The zero-order chi connectivity index (χ0) is 12.1. The molecule has 0 amide bonds. The molecular weight excluding hydrogens is 216 g/mol. The smallest absolute Gasteiger partial charge is 0.169 e. The molecule has 2 aliphatic rings. The lowest BCUT2D eigenvalue weighted by Crippen LogP contribution is -2.43. The Labute approximate surface area is 105 Å². The molecule has 100 valence electrons. The first-order valence-electron chi connectivity index (χ1n) is 7.05. The van der Waals surface area contributed by atoms with E-state index in [4.69, 9.17) is 9.47 Å². The zero-order valence-corrected chi connectivity index (χ0v) is 11.2. The topological polar surface area (TPSA) is 33.7 Å². The van der Waals surface area contributed by atoms with Gasteiger partial charge in [0.2, 0.25) is 0 Å². The van der Waals surface area contributed by atoms with E-state index in [0.29, 0.717) is 19.3 Å². The summed E-state index contributed by atoms with van der Waals surface area (Å²) in [6.45, 7) is 8.83. The molecule has 2 unspecified atom stereocenters. The first kappa shape index (κ1) is 13.3. The van der Waals surface area contributed by atoms with E-state index >= 15 is 0 Å². The number of fused-ring (bicyclic) bond motifs is 1. The lowest BCUT2D eigenvalue weighted by molar-refractivity contribution is -0.133. The quantitative estimate of drug-likeness (QED) is 0.681. The molecule has 0 spiro atoms. The van der Waals surface area contributed by atoms with Crippen LogP contribution in [0.5, 0.6) is 0 Å². The summed E-state index contributed by atoms with van der Waals surface area (Å²) in [7, 11) is 0. The van der Waals surface area contributed by atoms with Gasteiger partial charge in [-0.1, -0.05) is 0 Å². The van der Waals surface area contributed by atoms with Gasteiger partial charge in [0.15, 0.2) is 6.29 Å². The van der Waals surface area contributed by atoms with Gasteiger partial charge in [0, 0.05) is 38.4 Å². The largest absolute Gasteiger partial charge is 0.352 e. The van der Waals surface area contributed by atoms with Crippen molar-refractivity contribution in [2.75, 3.05) is 32.8 Å². The highest BCUT2D eigenvalue weighted by Gasteiger charge is 2.36. The first-order chi connectivity index (χ1) is 8.35. The Bertz CT molecular complexity index is 219. The molecule has 0 aromatic heterocycles. The molecule has 17 heavy (non-hydrogen) atoms. The first-order valence-corrected chi connectivity index (χ1v) is 7.05. The standard InChI is InChI=1S/C13H26N2O2/c1-3-16-13(17-4-2)10-14-11-7-9-15-8-5-6-12(11)15/h11-14H,3-10H2,1-2H3. The predicted octanol–water partition coefficient (Wildman–Crippen LogP) is 1.21. The van der Waals surface area contributed by atoms with Gasteiger partial charge >= 0.3 is 0 Å². The Morgan fingerprint density at radius 3 is 2.65 bits per heavy atom. The summed E-state index contributed by atoms with van der Waals surface area (Å²) >= 11 is 0. The molecule has 2 saturated heterocycles. The summed E-state index contributed by atoms with van der Waals surface area (Å²) in [5.74, 6) is 0. The van der Waals surface area contributed by atoms with Gasteiger partial charge in [-0.3, -0.25) is 4.90 Å². The molecule has 2 rings (SSSR count). The minimum atomic E-state index is -0.0829. The van der Waals surface area contributed by atoms with Crippen LogP contribution in [0.1, 0.15) is 33.1 Å². The average Bonchev–Trinajstić information content (AvgIpc) is 2.89. The third kappa shape index (κ3) is 3.41. The van der Waals surface area contributed by atoms with Crippen molar-refractivity contribution < 1.29 is 9.47 Å². The van der Waals surface area contributed by atoms with Crippen molar-refractivity contribution in [3.63, 3.8) is 0 Å². The Morgan fingerprint density at radius 2 is 1.94 bits per heavy atom. The predicted molar refractivity (Wildman–Crippen MR) is 68.0 cm³/mol. The highest BCUT2D eigenvalue weighted by atomic mass is 16.7. The lowest BCUT2D eigenvalue weighted by Gasteiger charge is -2.24. The Morgan fingerprint density at radius 1 is 1.18 bits per heavy atom. The van der Waals surface area contributed by atoms with E-state index in [0.717, 1.165) is 12.6 Å². The average molecular weight is 242 g/mol. The van der Waals surface area contributed by atoms with E-state index in [-0.39, 0.29) is 6.29 Å². The third-order valence-electron chi connectivity index (χ3n) is 3.86. The molecule has 1 N–H and O–H groups in total. The van der Waals surface area contributed by atoms with E-state index < -0.39 is 0 Å². The molecule has 2 aliphatic heterocycles. The van der Waals surface area contributed by atoms with Crippen LogP contribution in [0.2, 0.25) is 0 Å². The van der Waals surface area contributed by atoms with E-state index in [1.54, 1.807) is 0 Å². The van der Waals surface area contributed by atoms with Gasteiger partial charge in [-0.25, -0.2) is 0 Å². The van der Waals surface area contributed by atoms with Crippen LogP contribution in [0.3, 0.4) is 0 Å². The van der Waals surface area contributed by atoms with E-state index in [9.17, 15) is 0 Å². The SMILES string of the molecule is CCOC(CNC1CCN2CCCC12)OCC. The summed E-state index contributed by atoms with van der Waals surface area (Å²) in [6.07, 6.45) is 3.91. The molecule has 4 nitrogen and oxygen atoms in total. The van der Waals surface area contributed by atoms with Crippen LogP contribution in [-0.2, 0) is 9.47 Å². The van der Waals surface area contributed by atoms with Crippen molar-refractivity contribution in [1.29, 1.82) is 0 Å². The van der Waals surface area contributed by atoms with Crippen LogP contribution in [-0.4, -0.2) is 56.1 Å². The second kappa shape index (κ2) is 6.69. The molecular formula is C13H26N2O2. The van der Waals surface area contributed by atoms with Gasteiger partial charge < -0.3 is 14.8 Å². The van der Waals surface area contributed by atoms with Crippen molar-refractivity contribution in [3.05, 3.63) is 0 Å². The van der Waals surface area contributed by atoms with Gasteiger partial charge in [-0.15, -0.1) is 0 Å². The number of rotatable bonds is 7. The molecule has 0 saturated carbocycles. The highest BCUT2D eigenvalue weighted by molar-refractivity contribution is 4.95. The second-order valence-corrected chi connectivity index (χ2v) is 4.89. The summed E-state index contributed by atoms with van der Waals surface area (Å²) in [4.78, 5) is 2.62. The number of ether oxygens (including phenoxy) is 2. The number of hydrogen-bond acceptors (Lipinski definition) is 4. The van der Waals surface area contributed by atoms with E-state index in [2.05, 4.69) is 10.2 Å². The maximum atomic E-state index is 5.56. The van der Waals surface area contributed by atoms with E-state index in [1.807, 2.05) is 13.8 Å². The number of nitrogens with zero attached hydrogens (tertiary/aromatic N) is 1. The summed E-state index contributed by atoms with van der Waals surface area (Å²) < 4.78 is 11.1. The minimum Gasteiger partial charge on any atom is -0.352 e. The molecule has 0 bridgehead atoms. The summed E-state index contributed by atoms with van der Waals surface area (Å²) in [5, 5.41) is 3.63. The van der Waals surface area contributed by atoms with Crippen LogP contribution < -0.4 is 5.32 Å². The van der Waals surface area contributed by atoms with E-state index in [1.165, 1.54) is 32.4 Å². The van der Waals surface area contributed by atoms with Gasteiger partial charge in [0.1, 0.15) is 0 Å².